The molecule has 0 aliphatic carbocycles. The highest BCUT2D eigenvalue weighted by atomic mass is 19.3. The minimum absolute atomic E-state index is 0.0243. The Bertz CT molecular complexity index is 523. The van der Waals surface area contributed by atoms with Gasteiger partial charge in [-0.25, -0.2) is 18.0 Å². The number of amides is 1. The molecule has 4 nitrogen and oxygen atoms in total. The lowest BCUT2D eigenvalue weighted by Crippen LogP contribution is -2.42. The van der Waals surface area contributed by atoms with Gasteiger partial charge < -0.3 is 10.4 Å². The van der Waals surface area contributed by atoms with Gasteiger partial charge in [0, 0.05) is 12.8 Å². The van der Waals surface area contributed by atoms with Crippen LogP contribution in [0.25, 0.3) is 0 Å². The monoisotopic (exact) mass is 317 g/mol. The molecule has 0 saturated carbocycles. The summed E-state index contributed by atoms with van der Waals surface area (Å²) in [5, 5.41) is 10.9. The smallest absolute Gasteiger partial charge is 0.326 e. The first kappa shape index (κ1) is 18.0. The first-order valence-corrected chi connectivity index (χ1v) is 6.82. The first-order chi connectivity index (χ1) is 10.3. The molecule has 2 unspecified atom stereocenters. The predicted molar refractivity (Wildman–Crippen MR) is 74.1 cm³/mol. The largest absolute Gasteiger partial charge is 0.480 e. The number of rotatable bonds is 8. The summed E-state index contributed by atoms with van der Waals surface area (Å²) >= 11 is 0. The lowest BCUT2D eigenvalue weighted by atomic mass is 9.97. The topological polar surface area (TPSA) is 66.4 Å². The second-order valence-electron chi connectivity index (χ2n) is 5.23. The molecule has 0 aromatic heterocycles. The van der Waals surface area contributed by atoms with Gasteiger partial charge in [0.2, 0.25) is 12.3 Å². The van der Waals surface area contributed by atoms with E-state index in [1.165, 1.54) is 12.1 Å². The Labute approximate surface area is 126 Å². The van der Waals surface area contributed by atoms with Crippen molar-refractivity contribution in [2.45, 2.75) is 38.7 Å². The summed E-state index contributed by atoms with van der Waals surface area (Å²) in [6.45, 7) is 1.74. The van der Waals surface area contributed by atoms with Crippen molar-refractivity contribution in [3.8, 4) is 0 Å². The molecule has 122 valence electrons. The highest BCUT2D eigenvalue weighted by molar-refractivity contribution is 5.83. The number of aliphatic carboxylic acids is 1. The molecule has 0 saturated heterocycles. The maximum absolute atomic E-state index is 13.0. The number of hydrogen-bond donors (Lipinski definition) is 2. The molecular weight excluding hydrogens is 299 g/mol. The van der Waals surface area contributed by atoms with Crippen LogP contribution in [-0.4, -0.2) is 29.5 Å². The molecule has 7 heteroatoms. The van der Waals surface area contributed by atoms with E-state index in [-0.39, 0.29) is 18.2 Å². The number of hydrogen-bond acceptors (Lipinski definition) is 2. The van der Waals surface area contributed by atoms with Crippen LogP contribution in [0.15, 0.2) is 24.3 Å². The lowest BCUT2D eigenvalue weighted by molar-refractivity contribution is -0.143. The highest BCUT2D eigenvalue weighted by Gasteiger charge is 2.24. The second kappa shape index (κ2) is 8.41. The molecule has 0 aliphatic heterocycles. The Morgan fingerprint density at radius 1 is 1.32 bits per heavy atom. The van der Waals surface area contributed by atoms with Crippen LogP contribution in [0.5, 0.6) is 0 Å². The van der Waals surface area contributed by atoms with Crippen LogP contribution < -0.4 is 5.32 Å². The highest BCUT2D eigenvalue weighted by Crippen LogP contribution is 2.13. The number of carboxylic acid groups (broad SMARTS) is 1. The molecular formula is C15H18F3NO3. The molecule has 1 rings (SSSR count). The zero-order chi connectivity index (χ0) is 16.7. The van der Waals surface area contributed by atoms with Crippen molar-refractivity contribution in [1.82, 2.24) is 5.32 Å². The average Bonchev–Trinajstić information content (AvgIpc) is 2.36. The van der Waals surface area contributed by atoms with Gasteiger partial charge in [0.05, 0.1) is 0 Å². The molecule has 0 bridgehead atoms. The van der Waals surface area contributed by atoms with Crippen molar-refractivity contribution in [2.75, 3.05) is 0 Å². The van der Waals surface area contributed by atoms with Gasteiger partial charge in [-0.05, 0) is 30.0 Å². The van der Waals surface area contributed by atoms with Crippen molar-refractivity contribution < 1.29 is 27.9 Å². The molecule has 0 heterocycles. The van der Waals surface area contributed by atoms with E-state index >= 15 is 0 Å². The standard InChI is InChI=1S/C15H18F3NO3/c1-9(5-10-3-2-4-11(16)7-10)6-14(20)19-12(15(21)22)8-13(17)18/h2-4,7,9,12-13H,5-6,8H2,1H3,(H,19,20)(H,21,22). The van der Waals surface area contributed by atoms with Crippen molar-refractivity contribution >= 4 is 11.9 Å². The van der Waals surface area contributed by atoms with Crippen LogP contribution in [0.4, 0.5) is 13.2 Å². The normalized spacial score (nSPS) is 13.7. The van der Waals surface area contributed by atoms with Gasteiger partial charge in [-0.3, -0.25) is 4.79 Å². The van der Waals surface area contributed by atoms with E-state index in [4.69, 9.17) is 5.11 Å². The van der Waals surface area contributed by atoms with Crippen molar-refractivity contribution in [3.63, 3.8) is 0 Å². The maximum atomic E-state index is 13.0. The van der Waals surface area contributed by atoms with Gasteiger partial charge in [-0.15, -0.1) is 0 Å². The first-order valence-electron chi connectivity index (χ1n) is 6.82. The Balaban J connectivity index is 2.50. The Morgan fingerprint density at radius 3 is 2.55 bits per heavy atom. The second-order valence-corrected chi connectivity index (χ2v) is 5.23. The molecule has 1 aromatic carbocycles. The zero-order valence-electron chi connectivity index (χ0n) is 12.1. The van der Waals surface area contributed by atoms with Gasteiger partial charge in [0.1, 0.15) is 11.9 Å². The third-order valence-electron chi connectivity index (χ3n) is 3.05. The third-order valence-corrected chi connectivity index (χ3v) is 3.05. The van der Waals surface area contributed by atoms with E-state index in [0.717, 1.165) is 0 Å². The van der Waals surface area contributed by atoms with Crippen molar-refractivity contribution in [1.29, 1.82) is 0 Å². The molecule has 2 atom stereocenters. The van der Waals surface area contributed by atoms with Crippen LogP contribution in [0, 0.1) is 11.7 Å². The number of carboxylic acids is 1. The number of carbonyl (C=O) groups is 2. The quantitative estimate of drug-likeness (QED) is 0.774. The third kappa shape index (κ3) is 6.60. The van der Waals surface area contributed by atoms with E-state index in [1.54, 1.807) is 19.1 Å². The minimum atomic E-state index is -2.81. The summed E-state index contributed by atoms with van der Waals surface area (Å²) in [5.41, 5.74) is 0.711. The lowest BCUT2D eigenvalue weighted by Gasteiger charge is -2.16. The summed E-state index contributed by atoms with van der Waals surface area (Å²) in [7, 11) is 0. The Hall–Kier alpha value is -2.05. The molecule has 22 heavy (non-hydrogen) atoms. The fourth-order valence-electron chi connectivity index (χ4n) is 2.11. The maximum Gasteiger partial charge on any atom is 0.326 e. The Kier molecular flexibility index (Phi) is 6.88. The van der Waals surface area contributed by atoms with Gasteiger partial charge >= 0.3 is 5.97 Å². The summed E-state index contributed by atoms with van der Waals surface area (Å²) in [4.78, 5) is 22.5. The average molecular weight is 317 g/mol. The van der Waals surface area contributed by atoms with E-state index in [1.807, 2.05) is 0 Å². The number of benzene rings is 1. The van der Waals surface area contributed by atoms with Gasteiger partial charge in [-0.2, -0.15) is 0 Å². The fraction of sp³-hybridized carbons (Fsp3) is 0.467. The number of nitrogens with one attached hydrogen (secondary N) is 1. The minimum Gasteiger partial charge on any atom is -0.480 e. The summed E-state index contributed by atoms with van der Waals surface area (Å²) in [5.74, 6) is -2.66. The van der Waals surface area contributed by atoms with Crippen LogP contribution in [0.2, 0.25) is 0 Å². The summed E-state index contributed by atoms with van der Waals surface area (Å²) < 4.78 is 37.5. The van der Waals surface area contributed by atoms with Gasteiger partial charge in [-0.1, -0.05) is 19.1 Å². The van der Waals surface area contributed by atoms with Gasteiger partial charge in [0.15, 0.2) is 0 Å². The van der Waals surface area contributed by atoms with E-state index < -0.39 is 30.8 Å². The molecule has 0 radical (unpaired) electrons. The SMILES string of the molecule is CC(CC(=O)NC(CC(F)F)C(=O)O)Cc1cccc(F)c1. The molecule has 2 N–H and O–H groups in total. The van der Waals surface area contributed by atoms with Crippen molar-refractivity contribution in [3.05, 3.63) is 35.6 Å². The van der Waals surface area contributed by atoms with Crippen LogP contribution in [-0.2, 0) is 16.0 Å². The van der Waals surface area contributed by atoms with Crippen molar-refractivity contribution in [2.24, 2.45) is 5.92 Å². The number of carbonyl (C=O) groups excluding carboxylic acids is 1. The van der Waals surface area contributed by atoms with E-state index in [2.05, 4.69) is 5.32 Å². The molecule has 0 fully saturated rings. The zero-order valence-corrected chi connectivity index (χ0v) is 12.1. The Morgan fingerprint density at radius 2 is 2.00 bits per heavy atom. The summed E-state index contributed by atoms with van der Waals surface area (Å²) in [6.07, 6.45) is -3.34. The number of alkyl halides is 2. The molecule has 1 aromatic rings. The summed E-state index contributed by atoms with van der Waals surface area (Å²) in [6, 6.07) is 4.33. The molecule has 0 spiro atoms. The van der Waals surface area contributed by atoms with Crippen LogP contribution >= 0.6 is 0 Å². The fourth-order valence-corrected chi connectivity index (χ4v) is 2.11. The van der Waals surface area contributed by atoms with E-state index in [0.29, 0.717) is 12.0 Å². The predicted octanol–water partition coefficient (Wildman–Crippen LogP) is 2.62. The van der Waals surface area contributed by atoms with Gasteiger partial charge in [0.25, 0.3) is 0 Å². The van der Waals surface area contributed by atoms with E-state index in [9.17, 15) is 22.8 Å². The molecule has 1 amide bonds. The van der Waals surface area contributed by atoms with Crippen LogP contribution in [0.1, 0.15) is 25.3 Å². The molecule has 0 aliphatic rings. The number of halogens is 3. The van der Waals surface area contributed by atoms with Crippen LogP contribution in [0.3, 0.4) is 0 Å².